The van der Waals surface area contributed by atoms with Crippen molar-refractivity contribution in [2.45, 2.75) is 77.9 Å². The third-order valence-corrected chi connectivity index (χ3v) is 13.4. The van der Waals surface area contributed by atoms with Gasteiger partial charge in [0.2, 0.25) is 0 Å². The van der Waals surface area contributed by atoms with Gasteiger partial charge in [0.1, 0.15) is 5.75 Å². The van der Waals surface area contributed by atoms with Crippen molar-refractivity contribution in [2.75, 3.05) is 32.0 Å². The van der Waals surface area contributed by atoms with E-state index in [1.54, 1.807) is 42.7 Å². The average molecular weight is 726 g/mol. The SMILES string of the molecule is CC#Cc1ccc(-c2ccc(C(=O)C3CCC4CC35CC(CC#Cc3c(cc(O)cc3NCC(C)O)CC4NC(N)=NC)C(CNCC)C5)s2)s1. The number of ketones is 1. The Hall–Kier alpha value is -3.80. The average Bonchev–Trinajstić information content (AvgIpc) is 3.86. The van der Waals surface area contributed by atoms with Crippen LogP contribution in [0.1, 0.15) is 85.0 Å². The number of phenols is 1. The highest BCUT2D eigenvalue weighted by atomic mass is 32.1. The Morgan fingerprint density at radius 3 is 2.69 bits per heavy atom. The van der Waals surface area contributed by atoms with Gasteiger partial charge in [-0.05, 0) is 125 Å². The first-order valence-electron chi connectivity index (χ1n) is 18.3. The molecule has 2 heterocycles. The molecule has 3 aliphatic rings. The first-order chi connectivity index (χ1) is 24.6. The lowest BCUT2D eigenvalue weighted by Gasteiger charge is -2.47. The first-order valence-corrected chi connectivity index (χ1v) is 19.9. The topological polar surface area (TPSA) is 132 Å². The number of carbonyl (C=O) groups is 1. The van der Waals surface area contributed by atoms with Crippen LogP contribution >= 0.6 is 22.7 Å². The summed E-state index contributed by atoms with van der Waals surface area (Å²) in [5.74, 6) is 14.9. The molecule has 2 saturated carbocycles. The van der Waals surface area contributed by atoms with Crippen LogP contribution in [0, 0.1) is 52.8 Å². The quantitative estimate of drug-likeness (QED) is 0.0612. The van der Waals surface area contributed by atoms with Crippen molar-refractivity contribution in [3.63, 3.8) is 0 Å². The molecule has 7 atom stereocenters. The summed E-state index contributed by atoms with van der Waals surface area (Å²) < 4.78 is 0. The largest absolute Gasteiger partial charge is 0.508 e. The van der Waals surface area contributed by atoms with Crippen LogP contribution in [-0.4, -0.2) is 60.8 Å². The lowest BCUT2D eigenvalue weighted by molar-refractivity contribution is 0.0377. The van der Waals surface area contributed by atoms with Crippen molar-refractivity contribution in [1.29, 1.82) is 0 Å². The predicted octanol–water partition coefficient (Wildman–Crippen LogP) is 6.47. The van der Waals surface area contributed by atoms with E-state index in [4.69, 9.17) is 5.73 Å². The van der Waals surface area contributed by atoms with Crippen LogP contribution in [0.5, 0.6) is 5.75 Å². The van der Waals surface area contributed by atoms with Crippen LogP contribution in [-0.2, 0) is 6.42 Å². The van der Waals surface area contributed by atoms with Crippen molar-refractivity contribution >= 4 is 40.1 Å². The van der Waals surface area contributed by atoms with Gasteiger partial charge in [0, 0.05) is 47.8 Å². The van der Waals surface area contributed by atoms with E-state index in [1.165, 1.54) is 0 Å². The number of anilines is 1. The number of carbonyl (C=O) groups excluding carboxylic acids is 1. The van der Waals surface area contributed by atoms with Gasteiger partial charge in [-0.15, -0.1) is 28.6 Å². The van der Waals surface area contributed by atoms with Crippen molar-refractivity contribution < 1.29 is 15.0 Å². The highest BCUT2D eigenvalue weighted by Gasteiger charge is 2.55. The van der Waals surface area contributed by atoms with Gasteiger partial charge < -0.3 is 31.9 Å². The van der Waals surface area contributed by atoms with E-state index in [9.17, 15) is 15.0 Å². The van der Waals surface area contributed by atoms with Crippen molar-refractivity contribution in [1.82, 2.24) is 10.6 Å². The molecule has 0 aliphatic heterocycles. The molecule has 0 radical (unpaired) electrons. The zero-order chi connectivity index (χ0) is 36.1. The number of thiophene rings is 2. The Kier molecular flexibility index (Phi) is 11.8. The molecule has 8 nitrogen and oxygen atoms in total. The third kappa shape index (κ3) is 8.31. The van der Waals surface area contributed by atoms with Gasteiger partial charge >= 0.3 is 0 Å². The van der Waals surface area contributed by atoms with Crippen LogP contribution in [0.4, 0.5) is 5.69 Å². The zero-order valence-electron chi connectivity index (χ0n) is 30.1. The predicted molar refractivity (Wildman–Crippen MR) is 210 cm³/mol. The highest BCUT2D eigenvalue weighted by Crippen LogP contribution is 2.60. The van der Waals surface area contributed by atoms with Gasteiger partial charge in [0.25, 0.3) is 0 Å². The van der Waals surface area contributed by atoms with Crippen LogP contribution in [0.25, 0.3) is 9.75 Å². The Balaban J connectivity index is 1.39. The number of nitrogens with two attached hydrogens (primary N) is 1. The fourth-order valence-corrected chi connectivity index (χ4v) is 10.9. The lowest BCUT2D eigenvalue weighted by atomic mass is 9.58. The summed E-state index contributed by atoms with van der Waals surface area (Å²) in [5.41, 5.74) is 8.70. The standard InChI is InChI=1S/C41H51N5O3S2/c1-5-8-31-12-14-36(50-31)37-15-16-38(51-37)39(49)33-13-11-27-21-41(33)20-26(29(22-41)24-44-6-2)9-7-10-32-28(18-34(27)46-40(42)43-4)17-30(48)19-35(32)45-23-25(3)47/h12,14-17,19,25-27,29,33-34,44-45,47-48H,6,9,11,13,18,20-24H2,1-4H3,(H3,42,43,46). The number of Topliss-reactive ketones (excluding diaryl/α,β-unsaturated/α-hetero) is 1. The van der Waals surface area contributed by atoms with Crippen molar-refractivity contribution in [3.05, 3.63) is 57.3 Å². The number of phenolic OH excluding ortho intramolecular Hbond substituents is 1. The molecule has 0 amide bonds. The second-order valence-electron chi connectivity index (χ2n) is 14.6. The zero-order valence-corrected chi connectivity index (χ0v) is 31.8. The maximum absolute atomic E-state index is 14.7. The number of aliphatic hydroxyl groups is 1. The molecule has 51 heavy (non-hydrogen) atoms. The number of aliphatic hydroxyl groups excluding tert-OH is 1. The molecule has 10 heteroatoms. The molecule has 2 aromatic heterocycles. The van der Waals surface area contributed by atoms with Crippen LogP contribution in [0.15, 0.2) is 41.4 Å². The Morgan fingerprint density at radius 1 is 1.14 bits per heavy atom. The molecule has 1 spiro atoms. The summed E-state index contributed by atoms with van der Waals surface area (Å²) in [6.07, 6.45) is 5.32. The minimum absolute atomic E-state index is 0.0689. The van der Waals surface area contributed by atoms with E-state index >= 15 is 0 Å². The fourth-order valence-electron chi connectivity index (χ4n) is 8.85. The van der Waals surface area contributed by atoms with E-state index in [0.29, 0.717) is 30.8 Å². The summed E-state index contributed by atoms with van der Waals surface area (Å²) in [5, 5.41) is 31.4. The van der Waals surface area contributed by atoms with Gasteiger partial charge in [-0.2, -0.15) is 0 Å². The number of benzene rings is 1. The molecule has 3 aromatic rings. The number of aromatic hydroxyl groups is 1. The van der Waals surface area contributed by atoms with Crippen LogP contribution in [0.3, 0.4) is 0 Å². The first kappa shape index (κ1) is 37.0. The second kappa shape index (κ2) is 16.3. The molecule has 7 N–H and O–H groups in total. The van der Waals surface area contributed by atoms with Gasteiger partial charge in [-0.3, -0.25) is 9.79 Å². The molecule has 2 fully saturated rings. The maximum Gasteiger partial charge on any atom is 0.188 e. The van der Waals surface area contributed by atoms with E-state index < -0.39 is 6.10 Å². The summed E-state index contributed by atoms with van der Waals surface area (Å²) in [4.78, 5) is 23.1. The molecule has 1 aromatic carbocycles. The summed E-state index contributed by atoms with van der Waals surface area (Å²) >= 11 is 3.28. The summed E-state index contributed by atoms with van der Waals surface area (Å²) in [6.45, 7) is 7.88. The number of hydrogen-bond donors (Lipinski definition) is 6. The van der Waals surface area contributed by atoms with E-state index in [-0.39, 0.29) is 34.8 Å². The molecule has 270 valence electrons. The van der Waals surface area contributed by atoms with Gasteiger partial charge in [0.05, 0.1) is 27.1 Å². The number of hydrogen-bond acceptors (Lipinski definition) is 8. The maximum atomic E-state index is 14.7. The number of nitrogens with one attached hydrogen (secondary N) is 3. The fraction of sp³-hybridized carbons (Fsp3) is 0.512. The van der Waals surface area contributed by atoms with Crippen molar-refractivity contribution in [2.24, 2.45) is 39.8 Å². The number of guanidine groups is 1. The molecular formula is C41H51N5O3S2. The number of aliphatic imine (C=N–C) groups is 1. The van der Waals surface area contributed by atoms with Crippen molar-refractivity contribution in [3.8, 4) is 39.2 Å². The van der Waals surface area contributed by atoms with Crippen LogP contribution in [0.2, 0.25) is 0 Å². The number of nitrogens with zero attached hydrogens (tertiary/aromatic N) is 1. The second-order valence-corrected chi connectivity index (χ2v) is 16.8. The molecule has 3 bridgehead atoms. The monoisotopic (exact) mass is 725 g/mol. The van der Waals surface area contributed by atoms with Gasteiger partial charge in [-0.1, -0.05) is 24.7 Å². The normalized spacial score (nSPS) is 26.3. The van der Waals surface area contributed by atoms with Gasteiger partial charge in [0.15, 0.2) is 11.7 Å². The summed E-state index contributed by atoms with van der Waals surface area (Å²) in [6, 6.07) is 11.7. The Labute approximate surface area is 310 Å². The number of fused-ring (bicyclic) bond motifs is 3. The van der Waals surface area contributed by atoms with Crippen LogP contribution < -0.4 is 21.7 Å². The minimum atomic E-state index is -0.557. The molecule has 3 aliphatic carbocycles. The molecular weight excluding hydrogens is 675 g/mol. The molecule has 0 saturated heterocycles. The Morgan fingerprint density at radius 2 is 1.92 bits per heavy atom. The van der Waals surface area contributed by atoms with Gasteiger partial charge in [-0.25, -0.2) is 0 Å². The summed E-state index contributed by atoms with van der Waals surface area (Å²) in [7, 11) is 1.69. The smallest absolute Gasteiger partial charge is 0.188 e. The van der Waals surface area contributed by atoms with E-state index in [0.717, 1.165) is 87.9 Å². The molecule has 6 rings (SSSR count). The highest BCUT2D eigenvalue weighted by molar-refractivity contribution is 7.23. The van der Waals surface area contributed by atoms with E-state index in [2.05, 4.69) is 69.7 Å². The number of rotatable bonds is 10. The Bertz CT molecular complexity index is 1870. The molecule has 7 unspecified atom stereocenters. The third-order valence-electron chi connectivity index (χ3n) is 11.1. The van der Waals surface area contributed by atoms with E-state index in [1.807, 2.05) is 19.1 Å². The minimum Gasteiger partial charge on any atom is -0.508 e. The lowest BCUT2D eigenvalue weighted by Crippen LogP contribution is -2.50.